The highest BCUT2D eigenvalue weighted by molar-refractivity contribution is 7.89. The summed E-state index contributed by atoms with van der Waals surface area (Å²) in [5.74, 6) is 0.133. The SMILES string of the molecule is COc1cc(CS(=O)(=O)Cc2ncc(Cl)cc2O)cc(OC)c1. The van der Waals surface area contributed by atoms with E-state index in [1.165, 1.54) is 26.5 Å². The van der Waals surface area contributed by atoms with Gasteiger partial charge in [0.25, 0.3) is 0 Å². The molecule has 2 aromatic rings. The second-order valence-corrected chi connectivity index (χ2v) is 7.37. The molecule has 0 bridgehead atoms. The number of nitrogens with zero attached hydrogens (tertiary/aromatic N) is 1. The Hall–Kier alpha value is -1.99. The van der Waals surface area contributed by atoms with Crippen molar-refractivity contribution in [1.29, 1.82) is 0 Å². The highest BCUT2D eigenvalue weighted by Gasteiger charge is 2.18. The van der Waals surface area contributed by atoms with Gasteiger partial charge in [-0.1, -0.05) is 11.6 Å². The van der Waals surface area contributed by atoms with Crippen molar-refractivity contribution in [1.82, 2.24) is 4.98 Å². The van der Waals surface area contributed by atoms with Gasteiger partial charge in [-0.2, -0.15) is 0 Å². The molecule has 0 radical (unpaired) electrons. The molecular formula is C15H16ClNO5S. The van der Waals surface area contributed by atoms with E-state index >= 15 is 0 Å². The number of pyridine rings is 1. The van der Waals surface area contributed by atoms with E-state index in [4.69, 9.17) is 21.1 Å². The van der Waals surface area contributed by atoms with Crippen LogP contribution in [-0.2, 0) is 21.3 Å². The normalized spacial score (nSPS) is 11.3. The van der Waals surface area contributed by atoms with Crippen molar-refractivity contribution < 1.29 is 23.0 Å². The Kier molecular flexibility index (Phi) is 5.33. The lowest BCUT2D eigenvalue weighted by Crippen LogP contribution is -2.09. The predicted octanol–water partition coefficient (Wildman–Crippen LogP) is 2.57. The molecule has 124 valence electrons. The van der Waals surface area contributed by atoms with Crippen LogP contribution in [0.3, 0.4) is 0 Å². The fraction of sp³-hybridized carbons (Fsp3) is 0.267. The molecule has 1 heterocycles. The summed E-state index contributed by atoms with van der Waals surface area (Å²) in [6.45, 7) is 0. The van der Waals surface area contributed by atoms with Crippen molar-refractivity contribution in [3.8, 4) is 17.2 Å². The number of benzene rings is 1. The highest BCUT2D eigenvalue weighted by Crippen LogP contribution is 2.26. The Morgan fingerprint density at radius 2 is 1.70 bits per heavy atom. The molecule has 0 amide bonds. The second kappa shape index (κ2) is 7.06. The first-order valence-corrected chi connectivity index (χ1v) is 8.78. The Morgan fingerprint density at radius 3 is 2.22 bits per heavy atom. The number of methoxy groups -OCH3 is 2. The van der Waals surface area contributed by atoms with E-state index in [0.717, 1.165) is 0 Å². The van der Waals surface area contributed by atoms with Gasteiger partial charge < -0.3 is 14.6 Å². The summed E-state index contributed by atoms with van der Waals surface area (Å²) in [6, 6.07) is 6.15. The van der Waals surface area contributed by atoms with Crippen LogP contribution in [0.4, 0.5) is 0 Å². The largest absolute Gasteiger partial charge is 0.506 e. The van der Waals surface area contributed by atoms with Crippen LogP contribution in [0.15, 0.2) is 30.5 Å². The molecule has 1 aromatic heterocycles. The summed E-state index contributed by atoms with van der Waals surface area (Å²) in [6.07, 6.45) is 1.29. The average molecular weight is 358 g/mol. The van der Waals surface area contributed by atoms with Crippen molar-refractivity contribution in [2.75, 3.05) is 14.2 Å². The molecular weight excluding hydrogens is 342 g/mol. The third-order valence-corrected chi connectivity index (χ3v) is 4.76. The lowest BCUT2D eigenvalue weighted by Gasteiger charge is -2.09. The van der Waals surface area contributed by atoms with Gasteiger partial charge in [0.2, 0.25) is 0 Å². The van der Waals surface area contributed by atoms with Crippen LogP contribution in [0, 0.1) is 0 Å². The zero-order valence-electron chi connectivity index (χ0n) is 12.6. The first-order valence-electron chi connectivity index (χ1n) is 6.59. The van der Waals surface area contributed by atoms with Crippen LogP contribution >= 0.6 is 11.6 Å². The second-order valence-electron chi connectivity index (χ2n) is 4.87. The first-order chi connectivity index (χ1) is 10.8. The first kappa shape index (κ1) is 17.4. The van der Waals surface area contributed by atoms with E-state index < -0.39 is 15.6 Å². The Bertz CT molecular complexity index is 785. The van der Waals surface area contributed by atoms with Crippen LogP contribution in [0.1, 0.15) is 11.3 Å². The van der Waals surface area contributed by atoms with Gasteiger partial charge >= 0.3 is 0 Å². The van der Waals surface area contributed by atoms with E-state index in [1.807, 2.05) is 0 Å². The zero-order valence-corrected chi connectivity index (χ0v) is 14.2. The lowest BCUT2D eigenvalue weighted by molar-refractivity contribution is 0.393. The minimum Gasteiger partial charge on any atom is -0.506 e. The van der Waals surface area contributed by atoms with Crippen LogP contribution in [-0.4, -0.2) is 32.7 Å². The smallest absolute Gasteiger partial charge is 0.160 e. The number of ether oxygens (including phenoxy) is 2. The van der Waals surface area contributed by atoms with E-state index in [0.29, 0.717) is 17.1 Å². The molecule has 0 aliphatic rings. The van der Waals surface area contributed by atoms with Crippen LogP contribution in [0.25, 0.3) is 0 Å². The van der Waals surface area contributed by atoms with Crippen molar-refractivity contribution in [2.24, 2.45) is 0 Å². The Balaban J connectivity index is 2.24. The summed E-state index contributed by atoms with van der Waals surface area (Å²) in [4.78, 5) is 3.86. The number of sulfone groups is 1. The molecule has 2 rings (SSSR count). The maximum absolute atomic E-state index is 12.3. The molecule has 0 saturated heterocycles. The molecule has 23 heavy (non-hydrogen) atoms. The van der Waals surface area contributed by atoms with Crippen molar-refractivity contribution >= 4 is 21.4 Å². The monoisotopic (exact) mass is 357 g/mol. The maximum Gasteiger partial charge on any atom is 0.160 e. The number of aromatic nitrogens is 1. The molecule has 0 fully saturated rings. The zero-order chi connectivity index (χ0) is 17.0. The van der Waals surface area contributed by atoms with Gasteiger partial charge in [0.1, 0.15) is 17.2 Å². The maximum atomic E-state index is 12.3. The fourth-order valence-electron chi connectivity index (χ4n) is 2.03. The van der Waals surface area contributed by atoms with Gasteiger partial charge in [0, 0.05) is 18.3 Å². The van der Waals surface area contributed by atoms with Crippen molar-refractivity contribution in [3.63, 3.8) is 0 Å². The number of aromatic hydroxyl groups is 1. The number of rotatable bonds is 6. The number of halogens is 1. The predicted molar refractivity (Wildman–Crippen MR) is 86.8 cm³/mol. The Labute approximate surface area is 139 Å². The van der Waals surface area contributed by atoms with Gasteiger partial charge in [0.05, 0.1) is 36.4 Å². The van der Waals surface area contributed by atoms with E-state index in [-0.39, 0.29) is 22.2 Å². The summed E-state index contributed by atoms with van der Waals surface area (Å²) in [5.41, 5.74) is 0.582. The number of hydrogen-bond donors (Lipinski definition) is 1. The summed E-state index contributed by atoms with van der Waals surface area (Å²) in [5, 5.41) is 9.97. The molecule has 0 aliphatic carbocycles. The van der Waals surface area contributed by atoms with Gasteiger partial charge in [-0.3, -0.25) is 4.98 Å². The van der Waals surface area contributed by atoms with Gasteiger partial charge in [-0.05, 0) is 17.7 Å². The van der Waals surface area contributed by atoms with E-state index in [9.17, 15) is 13.5 Å². The van der Waals surface area contributed by atoms with Crippen molar-refractivity contribution in [3.05, 3.63) is 46.7 Å². The summed E-state index contributed by atoms with van der Waals surface area (Å²) in [7, 11) is -0.572. The van der Waals surface area contributed by atoms with Gasteiger partial charge in [-0.15, -0.1) is 0 Å². The van der Waals surface area contributed by atoms with Gasteiger partial charge in [0.15, 0.2) is 9.84 Å². The Morgan fingerprint density at radius 1 is 1.09 bits per heavy atom. The highest BCUT2D eigenvalue weighted by atomic mass is 35.5. The van der Waals surface area contributed by atoms with Crippen molar-refractivity contribution in [2.45, 2.75) is 11.5 Å². The quantitative estimate of drug-likeness (QED) is 0.855. The molecule has 8 heteroatoms. The average Bonchev–Trinajstić information content (AvgIpc) is 2.49. The molecule has 0 saturated carbocycles. The van der Waals surface area contributed by atoms with Crippen LogP contribution in [0.2, 0.25) is 5.02 Å². The molecule has 0 aliphatic heterocycles. The topological polar surface area (TPSA) is 85.7 Å². The lowest BCUT2D eigenvalue weighted by atomic mass is 10.2. The molecule has 1 N–H and O–H groups in total. The van der Waals surface area contributed by atoms with E-state index in [2.05, 4.69) is 4.98 Å². The molecule has 0 unspecified atom stereocenters. The molecule has 0 spiro atoms. The fourth-order valence-corrected chi connectivity index (χ4v) is 3.60. The number of hydrogen-bond acceptors (Lipinski definition) is 6. The van der Waals surface area contributed by atoms with Gasteiger partial charge in [-0.25, -0.2) is 8.42 Å². The molecule has 1 aromatic carbocycles. The minimum atomic E-state index is -3.55. The van der Waals surface area contributed by atoms with E-state index in [1.54, 1.807) is 18.2 Å². The molecule has 6 nitrogen and oxygen atoms in total. The third-order valence-electron chi connectivity index (χ3n) is 3.07. The third kappa shape index (κ3) is 4.74. The minimum absolute atomic E-state index is 0.0595. The molecule has 0 atom stereocenters. The summed E-state index contributed by atoms with van der Waals surface area (Å²) < 4.78 is 34.9. The standard InChI is InChI=1S/C15H16ClNO5S/c1-21-12-3-10(4-13(6-12)22-2)8-23(19,20)9-14-15(18)5-11(16)7-17-14/h3-7,18H,8-9H2,1-2H3. The van der Waals surface area contributed by atoms with Crippen LogP contribution < -0.4 is 9.47 Å². The summed E-state index contributed by atoms with van der Waals surface area (Å²) >= 11 is 5.68. The van der Waals surface area contributed by atoms with Crippen LogP contribution in [0.5, 0.6) is 17.2 Å².